The molecule has 1 fully saturated rings. The molecule has 18 heavy (non-hydrogen) atoms. The molecule has 1 aliphatic heterocycles. The van der Waals surface area contributed by atoms with E-state index in [0.717, 1.165) is 12.5 Å². The van der Waals surface area contributed by atoms with Crippen LogP contribution >= 0.6 is 0 Å². The summed E-state index contributed by atoms with van der Waals surface area (Å²) in [6.45, 7) is 10.4. The molecular weight excluding hydrogens is 224 g/mol. The lowest BCUT2D eigenvalue weighted by molar-refractivity contribution is 0.226. The highest BCUT2D eigenvalue weighted by Crippen LogP contribution is 2.33. The van der Waals surface area contributed by atoms with Crippen LogP contribution in [0.3, 0.4) is 0 Å². The van der Waals surface area contributed by atoms with Crippen LogP contribution in [0.4, 0.5) is 5.82 Å². The smallest absolute Gasteiger partial charge is 0.139 e. The van der Waals surface area contributed by atoms with E-state index in [9.17, 15) is 0 Å². The van der Waals surface area contributed by atoms with Crippen LogP contribution in [0.15, 0.2) is 18.3 Å². The monoisotopic (exact) mass is 248 g/mol. The summed E-state index contributed by atoms with van der Waals surface area (Å²) in [5.41, 5.74) is 4.22. The van der Waals surface area contributed by atoms with Gasteiger partial charge in [0.1, 0.15) is 5.82 Å². The number of nitrogens with zero attached hydrogens (tertiary/aromatic N) is 2. The third-order valence-corrected chi connectivity index (χ3v) is 3.88. The average Bonchev–Trinajstić information content (AvgIpc) is 2.78. The minimum Gasteiger partial charge on any atom is -0.308 e. The van der Waals surface area contributed by atoms with Crippen LogP contribution in [0.1, 0.15) is 32.8 Å². The number of hydrazine groups is 1. The third kappa shape index (κ3) is 3.21. The Hall–Kier alpha value is -1.13. The zero-order valence-corrected chi connectivity index (χ0v) is 11.6. The van der Waals surface area contributed by atoms with Crippen LogP contribution in [0.25, 0.3) is 0 Å². The number of nitrogen functional groups attached to an aromatic ring is 1. The van der Waals surface area contributed by atoms with Gasteiger partial charge in [0.05, 0.1) is 0 Å². The molecule has 1 aromatic rings. The minimum absolute atomic E-state index is 0.417. The summed E-state index contributed by atoms with van der Waals surface area (Å²) in [4.78, 5) is 6.76. The molecule has 4 nitrogen and oxygen atoms in total. The zero-order chi connectivity index (χ0) is 13.2. The molecule has 0 saturated carbocycles. The van der Waals surface area contributed by atoms with E-state index in [1.54, 1.807) is 0 Å². The van der Waals surface area contributed by atoms with E-state index in [2.05, 4.69) is 42.1 Å². The number of anilines is 1. The fourth-order valence-corrected chi connectivity index (χ4v) is 2.54. The predicted molar refractivity (Wildman–Crippen MR) is 74.9 cm³/mol. The molecule has 1 aromatic heterocycles. The van der Waals surface area contributed by atoms with Gasteiger partial charge in [-0.05, 0) is 35.9 Å². The number of aromatic nitrogens is 1. The van der Waals surface area contributed by atoms with E-state index < -0.39 is 0 Å². The Kier molecular flexibility index (Phi) is 3.88. The molecule has 0 aliphatic carbocycles. The zero-order valence-electron chi connectivity index (χ0n) is 11.6. The molecule has 1 atom stereocenters. The van der Waals surface area contributed by atoms with Crippen molar-refractivity contribution < 1.29 is 0 Å². The Bertz CT molecular complexity index is 380. The highest BCUT2D eigenvalue weighted by atomic mass is 15.2. The first kappa shape index (κ1) is 13.3. The number of pyridine rings is 1. The molecule has 2 rings (SSSR count). The van der Waals surface area contributed by atoms with Gasteiger partial charge >= 0.3 is 0 Å². The number of hydrogen-bond donors (Lipinski definition) is 2. The number of nitrogens with one attached hydrogen (secondary N) is 1. The van der Waals surface area contributed by atoms with Crippen molar-refractivity contribution in [1.29, 1.82) is 0 Å². The second kappa shape index (κ2) is 5.24. The Labute approximate surface area is 110 Å². The van der Waals surface area contributed by atoms with Crippen molar-refractivity contribution in [3.05, 3.63) is 23.9 Å². The lowest BCUT2D eigenvalue weighted by atomic mass is 9.80. The van der Waals surface area contributed by atoms with Gasteiger partial charge in [0.25, 0.3) is 0 Å². The van der Waals surface area contributed by atoms with Crippen LogP contribution < -0.4 is 11.3 Å². The van der Waals surface area contributed by atoms with Crippen LogP contribution in [0, 0.1) is 11.3 Å². The van der Waals surface area contributed by atoms with Crippen molar-refractivity contribution in [2.45, 2.75) is 33.7 Å². The molecule has 2 heterocycles. The van der Waals surface area contributed by atoms with Gasteiger partial charge in [0, 0.05) is 19.3 Å². The second-order valence-electron chi connectivity index (χ2n) is 6.28. The average molecular weight is 248 g/mol. The maximum absolute atomic E-state index is 5.31. The van der Waals surface area contributed by atoms with Crippen molar-refractivity contribution in [3.63, 3.8) is 0 Å². The van der Waals surface area contributed by atoms with Gasteiger partial charge < -0.3 is 5.43 Å². The van der Waals surface area contributed by atoms with Gasteiger partial charge in [-0.25, -0.2) is 10.8 Å². The SMILES string of the molecule is CC(C)(C)C1CCN(Cc2ccc(NN)nc2)C1. The topological polar surface area (TPSA) is 54.2 Å². The minimum atomic E-state index is 0.417. The molecule has 100 valence electrons. The lowest BCUT2D eigenvalue weighted by Gasteiger charge is -2.27. The number of hydrogen-bond acceptors (Lipinski definition) is 4. The Morgan fingerprint density at radius 1 is 1.44 bits per heavy atom. The molecule has 1 unspecified atom stereocenters. The van der Waals surface area contributed by atoms with Crippen molar-refractivity contribution in [3.8, 4) is 0 Å². The summed E-state index contributed by atoms with van der Waals surface area (Å²) >= 11 is 0. The Morgan fingerprint density at radius 3 is 2.72 bits per heavy atom. The van der Waals surface area contributed by atoms with Crippen LogP contribution in [0.2, 0.25) is 0 Å². The number of likely N-dealkylation sites (tertiary alicyclic amines) is 1. The molecule has 0 bridgehead atoms. The van der Waals surface area contributed by atoms with Crippen molar-refractivity contribution in [2.24, 2.45) is 17.2 Å². The molecule has 0 radical (unpaired) electrons. The highest BCUT2D eigenvalue weighted by Gasteiger charge is 2.31. The maximum atomic E-state index is 5.31. The highest BCUT2D eigenvalue weighted by molar-refractivity contribution is 5.33. The molecule has 0 amide bonds. The van der Waals surface area contributed by atoms with Crippen LogP contribution in [-0.4, -0.2) is 23.0 Å². The van der Waals surface area contributed by atoms with Crippen LogP contribution in [0.5, 0.6) is 0 Å². The predicted octanol–water partition coefficient (Wildman–Crippen LogP) is 2.24. The molecule has 1 aliphatic rings. The van der Waals surface area contributed by atoms with Gasteiger partial charge in [-0.1, -0.05) is 26.8 Å². The summed E-state index contributed by atoms with van der Waals surface area (Å²) in [6.07, 6.45) is 3.21. The Morgan fingerprint density at radius 2 is 2.22 bits per heavy atom. The Balaban J connectivity index is 1.91. The van der Waals surface area contributed by atoms with Gasteiger partial charge in [0.15, 0.2) is 0 Å². The molecule has 0 aromatic carbocycles. The maximum Gasteiger partial charge on any atom is 0.139 e. The number of rotatable bonds is 3. The first-order valence-electron chi connectivity index (χ1n) is 6.63. The number of nitrogens with two attached hydrogens (primary N) is 1. The first-order valence-corrected chi connectivity index (χ1v) is 6.63. The van der Waals surface area contributed by atoms with Gasteiger partial charge in [-0.3, -0.25) is 4.90 Å². The molecule has 1 saturated heterocycles. The van der Waals surface area contributed by atoms with E-state index in [1.165, 1.54) is 25.1 Å². The van der Waals surface area contributed by atoms with E-state index >= 15 is 0 Å². The summed E-state index contributed by atoms with van der Waals surface area (Å²) < 4.78 is 0. The van der Waals surface area contributed by atoms with Crippen LogP contribution in [-0.2, 0) is 6.54 Å². The lowest BCUT2D eigenvalue weighted by Crippen LogP contribution is -2.25. The van der Waals surface area contributed by atoms with Crippen molar-refractivity contribution >= 4 is 5.82 Å². The molecule has 3 N–H and O–H groups in total. The molecule has 4 heteroatoms. The third-order valence-electron chi connectivity index (χ3n) is 3.88. The largest absolute Gasteiger partial charge is 0.308 e. The van der Waals surface area contributed by atoms with E-state index in [4.69, 9.17) is 5.84 Å². The first-order chi connectivity index (χ1) is 8.49. The standard InChI is InChI=1S/C14H24N4/c1-14(2,3)12-6-7-18(10-12)9-11-4-5-13(17-15)16-8-11/h4-5,8,12H,6-7,9-10,15H2,1-3H3,(H,16,17). The second-order valence-corrected chi connectivity index (χ2v) is 6.28. The fourth-order valence-electron chi connectivity index (χ4n) is 2.54. The summed E-state index contributed by atoms with van der Waals surface area (Å²) in [6, 6.07) is 4.01. The van der Waals surface area contributed by atoms with E-state index in [-0.39, 0.29) is 0 Å². The summed E-state index contributed by atoms with van der Waals surface area (Å²) in [5.74, 6) is 6.82. The van der Waals surface area contributed by atoms with Gasteiger partial charge in [-0.15, -0.1) is 0 Å². The molecule has 0 spiro atoms. The quantitative estimate of drug-likeness (QED) is 0.636. The summed E-state index contributed by atoms with van der Waals surface area (Å²) in [7, 11) is 0. The van der Waals surface area contributed by atoms with Gasteiger partial charge in [0.2, 0.25) is 0 Å². The molecular formula is C14H24N4. The van der Waals surface area contributed by atoms with Gasteiger partial charge in [-0.2, -0.15) is 0 Å². The van der Waals surface area contributed by atoms with E-state index in [1.807, 2.05) is 12.3 Å². The fraction of sp³-hybridized carbons (Fsp3) is 0.643. The van der Waals surface area contributed by atoms with Crippen molar-refractivity contribution in [2.75, 3.05) is 18.5 Å². The normalized spacial score (nSPS) is 21.2. The summed E-state index contributed by atoms with van der Waals surface area (Å²) in [5, 5.41) is 0. The van der Waals surface area contributed by atoms with E-state index in [0.29, 0.717) is 11.2 Å². The van der Waals surface area contributed by atoms with Crippen molar-refractivity contribution in [1.82, 2.24) is 9.88 Å².